The van der Waals surface area contributed by atoms with Crippen LogP contribution in [0.3, 0.4) is 0 Å². The molecule has 0 bridgehead atoms. The molecule has 0 aliphatic heterocycles. The fourth-order valence-electron chi connectivity index (χ4n) is 1.54. The molecule has 1 heterocycles. The third-order valence-corrected chi connectivity index (χ3v) is 2.16. The minimum Gasteiger partial charge on any atom is -0.347 e. The van der Waals surface area contributed by atoms with Crippen LogP contribution >= 0.6 is 0 Å². The number of hydrogen-bond acceptors (Lipinski definition) is 5. The second kappa shape index (κ2) is 5.85. The standard InChI is InChI=1S/C10H16F3N5/c1-3-4-18(6-10(11,12)13)8-5-7(2)15-9(16-8)17-14/h5H,3-4,6,14H2,1-2H3,(H,15,16,17). The number of nitrogens with one attached hydrogen (secondary N) is 1. The maximum absolute atomic E-state index is 12.5. The van der Waals surface area contributed by atoms with Crippen LogP contribution in [0.1, 0.15) is 19.0 Å². The van der Waals surface area contributed by atoms with Crippen molar-refractivity contribution >= 4 is 11.8 Å². The molecule has 0 unspecified atom stereocenters. The summed E-state index contributed by atoms with van der Waals surface area (Å²) in [4.78, 5) is 9.03. The lowest BCUT2D eigenvalue weighted by molar-refractivity contribution is -0.119. The third-order valence-electron chi connectivity index (χ3n) is 2.16. The predicted octanol–water partition coefficient (Wildman–Crippen LogP) is 1.85. The fourth-order valence-corrected chi connectivity index (χ4v) is 1.54. The molecule has 0 fully saturated rings. The highest BCUT2D eigenvalue weighted by Crippen LogP contribution is 2.22. The molecule has 0 saturated heterocycles. The summed E-state index contributed by atoms with van der Waals surface area (Å²) in [5.41, 5.74) is 2.79. The summed E-state index contributed by atoms with van der Waals surface area (Å²) in [7, 11) is 0. The molecule has 1 aromatic heterocycles. The molecule has 0 aromatic carbocycles. The van der Waals surface area contributed by atoms with Crippen LogP contribution in [-0.4, -0.2) is 29.2 Å². The van der Waals surface area contributed by atoms with Crippen LogP contribution < -0.4 is 16.2 Å². The van der Waals surface area contributed by atoms with Crippen molar-refractivity contribution in [2.24, 2.45) is 5.84 Å². The Balaban J connectivity index is 3.01. The molecular weight excluding hydrogens is 247 g/mol. The number of halogens is 3. The molecule has 5 nitrogen and oxygen atoms in total. The lowest BCUT2D eigenvalue weighted by Crippen LogP contribution is -2.35. The first-order valence-corrected chi connectivity index (χ1v) is 5.49. The summed E-state index contributed by atoms with van der Waals surface area (Å²) in [6.45, 7) is 2.70. The topological polar surface area (TPSA) is 67.1 Å². The van der Waals surface area contributed by atoms with E-state index >= 15 is 0 Å². The molecule has 0 spiro atoms. The number of hydrazine groups is 1. The zero-order valence-corrected chi connectivity index (χ0v) is 10.3. The molecule has 0 radical (unpaired) electrons. The fraction of sp³-hybridized carbons (Fsp3) is 0.600. The van der Waals surface area contributed by atoms with E-state index in [1.54, 1.807) is 13.8 Å². The Morgan fingerprint density at radius 3 is 2.56 bits per heavy atom. The van der Waals surface area contributed by atoms with Crippen molar-refractivity contribution < 1.29 is 13.2 Å². The second-order valence-corrected chi connectivity index (χ2v) is 3.87. The minimum absolute atomic E-state index is 0.105. The monoisotopic (exact) mass is 263 g/mol. The van der Waals surface area contributed by atoms with Gasteiger partial charge in [-0.25, -0.2) is 10.8 Å². The zero-order valence-electron chi connectivity index (χ0n) is 10.3. The SMILES string of the molecule is CCCN(CC(F)(F)F)c1cc(C)nc(NN)n1. The molecular formula is C10H16F3N5. The van der Waals surface area contributed by atoms with Gasteiger partial charge in [0.05, 0.1) is 0 Å². The van der Waals surface area contributed by atoms with E-state index in [0.717, 1.165) is 4.90 Å². The Hall–Kier alpha value is -1.57. The summed E-state index contributed by atoms with van der Waals surface area (Å²) in [6, 6.07) is 1.50. The van der Waals surface area contributed by atoms with E-state index < -0.39 is 12.7 Å². The molecule has 0 aliphatic carbocycles. The van der Waals surface area contributed by atoms with Gasteiger partial charge in [0.25, 0.3) is 0 Å². The van der Waals surface area contributed by atoms with Gasteiger partial charge in [-0.15, -0.1) is 0 Å². The molecule has 18 heavy (non-hydrogen) atoms. The highest BCUT2D eigenvalue weighted by molar-refractivity contribution is 5.44. The van der Waals surface area contributed by atoms with Gasteiger partial charge in [-0.05, 0) is 13.3 Å². The average Bonchev–Trinajstić information content (AvgIpc) is 2.26. The van der Waals surface area contributed by atoms with Gasteiger partial charge in [0.15, 0.2) is 0 Å². The van der Waals surface area contributed by atoms with Gasteiger partial charge in [-0.1, -0.05) is 6.92 Å². The van der Waals surface area contributed by atoms with Gasteiger partial charge in [-0.3, -0.25) is 5.43 Å². The predicted molar refractivity (Wildman–Crippen MR) is 63.1 cm³/mol. The van der Waals surface area contributed by atoms with Crippen LogP contribution in [0, 0.1) is 6.92 Å². The molecule has 1 rings (SSSR count). The third kappa shape index (κ3) is 4.36. The molecule has 0 saturated carbocycles. The lowest BCUT2D eigenvalue weighted by atomic mass is 10.3. The summed E-state index contributed by atoms with van der Waals surface area (Å²) >= 11 is 0. The highest BCUT2D eigenvalue weighted by Gasteiger charge is 2.31. The van der Waals surface area contributed by atoms with Crippen molar-refractivity contribution in [3.05, 3.63) is 11.8 Å². The van der Waals surface area contributed by atoms with Crippen LogP contribution in [0.4, 0.5) is 24.9 Å². The summed E-state index contributed by atoms with van der Waals surface area (Å²) in [5.74, 6) is 5.50. The number of hydrogen-bond donors (Lipinski definition) is 2. The smallest absolute Gasteiger partial charge is 0.347 e. The lowest BCUT2D eigenvalue weighted by Gasteiger charge is -2.24. The van der Waals surface area contributed by atoms with Crippen molar-refractivity contribution in [3.63, 3.8) is 0 Å². The van der Waals surface area contributed by atoms with Gasteiger partial charge >= 0.3 is 6.18 Å². The number of aromatic nitrogens is 2. The molecule has 0 aliphatic rings. The number of nitrogens with zero attached hydrogens (tertiary/aromatic N) is 3. The van der Waals surface area contributed by atoms with E-state index in [1.807, 2.05) is 0 Å². The zero-order chi connectivity index (χ0) is 13.8. The number of nitrogen functional groups attached to an aromatic ring is 1. The Bertz CT molecular complexity index is 394. The Morgan fingerprint density at radius 2 is 2.06 bits per heavy atom. The van der Waals surface area contributed by atoms with E-state index in [4.69, 9.17) is 5.84 Å². The largest absolute Gasteiger partial charge is 0.405 e. The van der Waals surface area contributed by atoms with Gasteiger partial charge in [0.1, 0.15) is 12.4 Å². The first kappa shape index (κ1) is 14.5. The molecule has 0 amide bonds. The van der Waals surface area contributed by atoms with Crippen molar-refractivity contribution in [1.29, 1.82) is 0 Å². The van der Waals surface area contributed by atoms with E-state index in [1.165, 1.54) is 6.07 Å². The number of rotatable bonds is 5. The maximum Gasteiger partial charge on any atom is 0.405 e. The summed E-state index contributed by atoms with van der Waals surface area (Å²) in [5, 5.41) is 0. The van der Waals surface area contributed by atoms with Crippen LogP contribution in [0.5, 0.6) is 0 Å². The van der Waals surface area contributed by atoms with Crippen molar-refractivity contribution in [3.8, 4) is 0 Å². The Labute approximate surface area is 103 Å². The average molecular weight is 263 g/mol. The van der Waals surface area contributed by atoms with E-state index in [2.05, 4.69) is 15.4 Å². The molecule has 1 aromatic rings. The molecule has 8 heteroatoms. The van der Waals surface area contributed by atoms with Crippen molar-refractivity contribution in [2.75, 3.05) is 23.4 Å². The second-order valence-electron chi connectivity index (χ2n) is 3.87. The quantitative estimate of drug-likeness (QED) is 0.627. The first-order valence-electron chi connectivity index (χ1n) is 5.49. The number of aryl methyl sites for hydroxylation is 1. The Morgan fingerprint density at radius 1 is 1.39 bits per heavy atom. The van der Waals surface area contributed by atoms with Crippen LogP contribution in [0.15, 0.2) is 6.07 Å². The van der Waals surface area contributed by atoms with Crippen molar-refractivity contribution in [2.45, 2.75) is 26.4 Å². The van der Waals surface area contributed by atoms with Crippen LogP contribution in [0.25, 0.3) is 0 Å². The summed E-state index contributed by atoms with van der Waals surface area (Å²) in [6.07, 6.45) is -3.69. The first-order chi connectivity index (χ1) is 8.35. The van der Waals surface area contributed by atoms with Gasteiger partial charge in [0, 0.05) is 18.3 Å². The maximum atomic E-state index is 12.5. The van der Waals surface area contributed by atoms with Crippen molar-refractivity contribution in [1.82, 2.24) is 9.97 Å². The summed E-state index contributed by atoms with van der Waals surface area (Å²) < 4.78 is 37.4. The normalized spacial score (nSPS) is 11.4. The highest BCUT2D eigenvalue weighted by atomic mass is 19.4. The minimum atomic E-state index is -4.27. The van der Waals surface area contributed by atoms with Crippen LogP contribution in [0.2, 0.25) is 0 Å². The molecule has 0 atom stereocenters. The molecule has 3 N–H and O–H groups in total. The Kier molecular flexibility index (Phi) is 4.71. The van der Waals surface area contributed by atoms with Gasteiger partial charge in [-0.2, -0.15) is 18.2 Å². The van der Waals surface area contributed by atoms with Gasteiger partial charge < -0.3 is 4.90 Å². The molecule has 102 valence electrons. The number of alkyl halides is 3. The van der Waals surface area contributed by atoms with E-state index in [9.17, 15) is 13.2 Å². The van der Waals surface area contributed by atoms with Crippen LogP contribution in [-0.2, 0) is 0 Å². The van der Waals surface area contributed by atoms with E-state index in [-0.39, 0.29) is 18.3 Å². The number of anilines is 2. The van der Waals surface area contributed by atoms with E-state index in [0.29, 0.717) is 12.1 Å². The number of nitrogens with two attached hydrogens (primary N) is 1. The van der Waals surface area contributed by atoms with Gasteiger partial charge in [0.2, 0.25) is 5.95 Å².